The van der Waals surface area contributed by atoms with Crippen molar-refractivity contribution in [3.05, 3.63) is 29.6 Å². The van der Waals surface area contributed by atoms with E-state index in [1.165, 1.54) is 37.8 Å². The third-order valence-electron chi connectivity index (χ3n) is 4.85. The second-order valence-corrected chi connectivity index (χ2v) is 6.29. The van der Waals surface area contributed by atoms with Gasteiger partial charge in [-0.25, -0.2) is 4.39 Å². The van der Waals surface area contributed by atoms with Crippen molar-refractivity contribution in [1.82, 2.24) is 9.80 Å². The van der Waals surface area contributed by atoms with Crippen LogP contribution in [0.2, 0.25) is 0 Å². The highest BCUT2D eigenvalue weighted by Gasteiger charge is 2.26. The van der Waals surface area contributed by atoms with Crippen LogP contribution < -0.4 is 0 Å². The number of rotatable bonds is 2. The van der Waals surface area contributed by atoms with Crippen molar-refractivity contribution in [3.63, 3.8) is 0 Å². The lowest BCUT2D eigenvalue weighted by Gasteiger charge is -2.27. The molecule has 0 radical (unpaired) electrons. The number of hydrogen-bond acceptors (Lipinski definition) is 3. The van der Waals surface area contributed by atoms with E-state index < -0.39 is 11.6 Å². The van der Waals surface area contributed by atoms with Gasteiger partial charge >= 0.3 is 0 Å². The van der Waals surface area contributed by atoms with Gasteiger partial charge in [-0.1, -0.05) is 12.8 Å². The van der Waals surface area contributed by atoms with Crippen LogP contribution in [0.1, 0.15) is 42.5 Å². The van der Waals surface area contributed by atoms with Crippen LogP contribution in [-0.4, -0.2) is 53.0 Å². The van der Waals surface area contributed by atoms with Crippen molar-refractivity contribution < 1.29 is 14.3 Å². The van der Waals surface area contributed by atoms with E-state index in [-0.39, 0.29) is 5.91 Å². The monoisotopic (exact) mass is 306 g/mol. The van der Waals surface area contributed by atoms with E-state index in [2.05, 4.69) is 4.90 Å². The maximum absolute atomic E-state index is 13.4. The summed E-state index contributed by atoms with van der Waals surface area (Å²) in [6.45, 7) is 3.34. The summed E-state index contributed by atoms with van der Waals surface area (Å²) in [7, 11) is 0. The van der Waals surface area contributed by atoms with E-state index in [0.29, 0.717) is 24.7 Å². The summed E-state index contributed by atoms with van der Waals surface area (Å²) < 4.78 is 13.4. The van der Waals surface area contributed by atoms with Crippen LogP contribution in [0, 0.1) is 5.82 Å². The molecule has 1 heterocycles. The van der Waals surface area contributed by atoms with Gasteiger partial charge in [0.2, 0.25) is 0 Å². The normalized spacial score (nSPS) is 21.0. The second-order valence-electron chi connectivity index (χ2n) is 6.29. The number of amides is 1. The highest BCUT2D eigenvalue weighted by molar-refractivity contribution is 5.94. The van der Waals surface area contributed by atoms with Crippen LogP contribution in [0.15, 0.2) is 18.2 Å². The lowest BCUT2D eigenvalue weighted by Crippen LogP contribution is -2.38. The smallest absolute Gasteiger partial charge is 0.254 e. The van der Waals surface area contributed by atoms with Crippen LogP contribution in [0.3, 0.4) is 0 Å². The Bertz CT molecular complexity index is 543. The third-order valence-corrected chi connectivity index (χ3v) is 4.85. The lowest BCUT2D eigenvalue weighted by molar-refractivity contribution is 0.0757. The topological polar surface area (TPSA) is 43.8 Å². The summed E-state index contributed by atoms with van der Waals surface area (Å²) in [5, 5.41) is 9.23. The van der Waals surface area contributed by atoms with Crippen molar-refractivity contribution in [2.24, 2.45) is 0 Å². The first kappa shape index (κ1) is 15.3. The highest BCUT2D eigenvalue weighted by atomic mass is 19.1. The predicted octanol–water partition coefficient (Wildman–Crippen LogP) is 2.62. The van der Waals surface area contributed by atoms with Crippen LogP contribution in [0.4, 0.5) is 4.39 Å². The van der Waals surface area contributed by atoms with Crippen LogP contribution in [-0.2, 0) is 0 Å². The van der Waals surface area contributed by atoms with Crippen LogP contribution in [0.5, 0.6) is 5.75 Å². The Balaban J connectivity index is 1.64. The molecular weight excluding hydrogens is 283 g/mol. The Hall–Kier alpha value is -1.62. The molecule has 0 aromatic heterocycles. The van der Waals surface area contributed by atoms with E-state index in [4.69, 9.17) is 0 Å². The molecule has 120 valence electrons. The van der Waals surface area contributed by atoms with Gasteiger partial charge < -0.3 is 10.0 Å². The number of carbonyl (C=O) groups excluding carboxylic acids is 1. The van der Waals surface area contributed by atoms with Gasteiger partial charge in [-0.15, -0.1) is 0 Å². The van der Waals surface area contributed by atoms with E-state index in [1.807, 2.05) is 0 Å². The first-order valence-electron chi connectivity index (χ1n) is 8.17. The van der Waals surface area contributed by atoms with E-state index >= 15 is 0 Å². The standard InChI is InChI=1S/C17H23FN2O2/c18-15-12-13(6-7-16(15)21)17(22)20-9-3-8-19(10-11-20)14-4-1-2-5-14/h6-7,12,14,21H,1-5,8-11H2. The quantitative estimate of drug-likeness (QED) is 0.913. The maximum atomic E-state index is 13.4. The molecule has 0 unspecified atom stereocenters. The van der Waals surface area contributed by atoms with Crippen molar-refractivity contribution in [3.8, 4) is 5.75 Å². The molecule has 1 aliphatic heterocycles. The summed E-state index contributed by atoms with van der Waals surface area (Å²) >= 11 is 0. The number of phenols is 1. The number of nitrogens with zero attached hydrogens (tertiary/aromatic N) is 2. The third kappa shape index (κ3) is 3.24. The Kier molecular flexibility index (Phi) is 4.62. The summed E-state index contributed by atoms with van der Waals surface area (Å²) in [6.07, 6.45) is 6.14. The molecule has 1 saturated carbocycles. The minimum Gasteiger partial charge on any atom is -0.505 e. The largest absolute Gasteiger partial charge is 0.505 e. The first-order chi connectivity index (χ1) is 10.6. The van der Waals surface area contributed by atoms with Crippen molar-refractivity contribution in [2.45, 2.75) is 38.1 Å². The summed E-state index contributed by atoms with van der Waals surface area (Å²) in [5.41, 5.74) is 0.310. The number of benzene rings is 1. The Morgan fingerprint density at radius 1 is 1.09 bits per heavy atom. The SMILES string of the molecule is O=C(c1ccc(O)c(F)c1)N1CCCN(C2CCCC2)CC1. The molecule has 5 heteroatoms. The molecule has 1 N–H and O–H groups in total. The molecule has 1 aromatic carbocycles. The minimum absolute atomic E-state index is 0.146. The number of aromatic hydroxyl groups is 1. The van der Waals surface area contributed by atoms with Crippen molar-refractivity contribution >= 4 is 5.91 Å². The summed E-state index contributed by atoms with van der Waals surface area (Å²) in [6, 6.07) is 4.53. The molecule has 1 saturated heterocycles. The van der Waals surface area contributed by atoms with E-state index in [1.54, 1.807) is 4.90 Å². The molecule has 1 amide bonds. The number of hydrogen-bond donors (Lipinski definition) is 1. The molecule has 2 fully saturated rings. The summed E-state index contributed by atoms with van der Waals surface area (Å²) in [5.74, 6) is -1.31. The molecule has 2 aliphatic rings. The lowest BCUT2D eigenvalue weighted by atomic mass is 10.1. The fourth-order valence-corrected chi connectivity index (χ4v) is 3.60. The number of phenolic OH excluding ortho intramolecular Hbond substituents is 1. The second kappa shape index (κ2) is 6.65. The van der Waals surface area contributed by atoms with E-state index in [9.17, 15) is 14.3 Å². The average Bonchev–Trinajstić information content (AvgIpc) is 2.94. The van der Waals surface area contributed by atoms with Crippen molar-refractivity contribution in [1.29, 1.82) is 0 Å². The first-order valence-corrected chi connectivity index (χ1v) is 8.17. The van der Waals surface area contributed by atoms with Gasteiger partial charge in [0.1, 0.15) is 0 Å². The van der Waals surface area contributed by atoms with Gasteiger partial charge in [-0.3, -0.25) is 9.69 Å². The molecule has 0 spiro atoms. The van der Waals surface area contributed by atoms with Crippen molar-refractivity contribution in [2.75, 3.05) is 26.2 Å². The average molecular weight is 306 g/mol. The van der Waals surface area contributed by atoms with Gasteiger partial charge in [0.25, 0.3) is 5.91 Å². The van der Waals surface area contributed by atoms with Gasteiger partial charge in [-0.05, 0) is 37.5 Å². The fourth-order valence-electron chi connectivity index (χ4n) is 3.60. The van der Waals surface area contributed by atoms with Gasteiger partial charge in [0.05, 0.1) is 0 Å². The molecule has 22 heavy (non-hydrogen) atoms. The zero-order chi connectivity index (χ0) is 15.5. The van der Waals surface area contributed by atoms with Crippen LogP contribution in [0.25, 0.3) is 0 Å². The number of halogens is 1. The van der Waals surface area contributed by atoms with E-state index in [0.717, 1.165) is 25.6 Å². The molecule has 0 bridgehead atoms. The molecule has 4 nitrogen and oxygen atoms in total. The zero-order valence-corrected chi connectivity index (χ0v) is 12.8. The van der Waals surface area contributed by atoms with Crippen LogP contribution >= 0.6 is 0 Å². The highest BCUT2D eigenvalue weighted by Crippen LogP contribution is 2.25. The number of carbonyl (C=O) groups is 1. The molecule has 1 aromatic rings. The fraction of sp³-hybridized carbons (Fsp3) is 0.588. The summed E-state index contributed by atoms with van der Waals surface area (Å²) in [4.78, 5) is 16.8. The van der Waals surface area contributed by atoms with Gasteiger partial charge in [0, 0.05) is 37.8 Å². The molecular formula is C17H23FN2O2. The molecule has 3 rings (SSSR count). The zero-order valence-electron chi connectivity index (χ0n) is 12.8. The Morgan fingerprint density at radius 2 is 1.86 bits per heavy atom. The van der Waals surface area contributed by atoms with Gasteiger partial charge in [-0.2, -0.15) is 0 Å². The maximum Gasteiger partial charge on any atom is 0.254 e. The Labute approximate surface area is 130 Å². The van der Waals surface area contributed by atoms with Gasteiger partial charge in [0.15, 0.2) is 11.6 Å². The molecule has 0 atom stereocenters. The minimum atomic E-state index is -0.742. The predicted molar refractivity (Wildman–Crippen MR) is 82.4 cm³/mol. The molecule has 1 aliphatic carbocycles. The Morgan fingerprint density at radius 3 is 2.59 bits per heavy atom.